The number of hydrogen-bond acceptors (Lipinski definition) is 0. The summed E-state index contributed by atoms with van der Waals surface area (Å²) in [4.78, 5) is 3.26. The van der Waals surface area contributed by atoms with Gasteiger partial charge in [0.2, 0.25) is 0 Å². The summed E-state index contributed by atoms with van der Waals surface area (Å²) in [6.07, 6.45) is 0. The third-order valence-corrected chi connectivity index (χ3v) is 4.28. The predicted octanol–water partition coefficient (Wildman–Crippen LogP) is 6.47. The first-order chi connectivity index (χ1) is 11.8. The molecule has 0 spiro atoms. The lowest BCUT2D eigenvalue weighted by Crippen LogP contribution is -1.74. The summed E-state index contributed by atoms with van der Waals surface area (Å²) >= 11 is 0. The maximum atomic E-state index is 3.26. The highest BCUT2D eigenvalue weighted by atomic mass is 14.7. The lowest BCUT2D eigenvalue weighted by atomic mass is 10.0. The van der Waals surface area contributed by atoms with Crippen LogP contribution in [0, 0.1) is 6.92 Å². The van der Waals surface area contributed by atoms with E-state index in [1.807, 2.05) is 6.07 Å². The van der Waals surface area contributed by atoms with Crippen molar-refractivity contribution >= 4 is 32.4 Å². The van der Waals surface area contributed by atoms with E-state index in [-0.39, 0.29) is 0 Å². The van der Waals surface area contributed by atoms with Crippen molar-refractivity contribution in [2.24, 2.45) is 0 Å². The fourth-order valence-corrected chi connectivity index (χ4v) is 3.10. The normalized spacial score (nSPS) is 10.7. The molecule has 0 aliphatic carbocycles. The van der Waals surface area contributed by atoms with Gasteiger partial charge in [0, 0.05) is 11.2 Å². The third kappa shape index (κ3) is 2.89. The molecule has 0 aliphatic rings. The molecule has 5 rings (SSSR count). The summed E-state index contributed by atoms with van der Waals surface area (Å²) in [6, 6.07) is 31.9. The van der Waals surface area contributed by atoms with Crippen molar-refractivity contribution in [1.82, 2.24) is 4.98 Å². The zero-order valence-corrected chi connectivity index (χ0v) is 13.7. The van der Waals surface area contributed by atoms with Crippen LogP contribution in [-0.4, -0.2) is 4.98 Å². The van der Waals surface area contributed by atoms with Gasteiger partial charge >= 0.3 is 0 Å². The Morgan fingerprint density at radius 1 is 0.500 bits per heavy atom. The Morgan fingerprint density at radius 3 is 1.38 bits per heavy atom. The molecule has 1 heterocycles. The van der Waals surface area contributed by atoms with E-state index in [0.29, 0.717) is 0 Å². The molecule has 4 aromatic carbocycles. The van der Waals surface area contributed by atoms with E-state index in [1.54, 1.807) is 0 Å². The van der Waals surface area contributed by atoms with Crippen LogP contribution in [0.3, 0.4) is 0 Å². The smallest absolute Gasteiger partial charge is 0.0455 e. The molecule has 1 aromatic heterocycles. The first kappa shape index (κ1) is 14.5. The Bertz CT molecular complexity index is 980. The fraction of sp³-hybridized carbons (Fsp3) is 0.0435. The second kappa shape index (κ2) is 6.21. The van der Waals surface area contributed by atoms with Gasteiger partial charge in [0.15, 0.2) is 0 Å². The zero-order valence-electron chi connectivity index (χ0n) is 13.7. The molecular formula is C23H19N. The average Bonchev–Trinajstić information content (AvgIpc) is 3.00. The van der Waals surface area contributed by atoms with Crippen molar-refractivity contribution < 1.29 is 0 Å². The van der Waals surface area contributed by atoms with Gasteiger partial charge in [0.05, 0.1) is 0 Å². The maximum Gasteiger partial charge on any atom is 0.0455 e. The van der Waals surface area contributed by atoms with Crippen molar-refractivity contribution in [2.45, 2.75) is 6.92 Å². The summed E-state index contributed by atoms with van der Waals surface area (Å²) < 4.78 is 0. The van der Waals surface area contributed by atoms with Gasteiger partial charge in [0.25, 0.3) is 0 Å². The number of aromatic nitrogens is 1. The minimum absolute atomic E-state index is 1.22. The molecule has 0 fully saturated rings. The van der Waals surface area contributed by atoms with Gasteiger partial charge in [-0.25, -0.2) is 0 Å². The minimum atomic E-state index is 1.22. The summed E-state index contributed by atoms with van der Waals surface area (Å²) in [5.41, 5.74) is 2.45. The molecule has 24 heavy (non-hydrogen) atoms. The van der Waals surface area contributed by atoms with Crippen LogP contribution in [0.4, 0.5) is 0 Å². The second-order valence-corrected chi connectivity index (χ2v) is 6.09. The molecule has 0 amide bonds. The van der Waals surface area contributed by atoms with Gasteiger partial charge < -0.3 is 4.98 Å². The number of rotatable bonds is 0. The van der Waals surface area contributed by atoms with Gasteiger partial charge in [-0.2, -0.15) is 0 Å². The number of hydrogen-bond donors (Lipinski definition) is 1. The highest BCUT2D eigenvalue weighted by Gasteiger charge is 1.95. The topological polar surface area (TPSA) is 15.8 Å². The molecule has 0 saturated heterocycles. The fourth-order valence-electron chi connectivity index (χ4n) is 3.10. The average molecular weight is 309 g/mol. The number of aryl methyl sites for hydroxylation is 1. The summed E-state index contributed by atoms with van der Waals surface area (Å²) in [5.74, 6) is 0. The van der Waals surface area contributed by atoms with E-state index in [9.17, 15) is 0 Å². The van der Waals surface area contributed by atoms with Gasteiger partial charge in [-0.15, -0.1) is 0 Å². The highest BCUT2D eigenvalue weighted by Crippen LogP contribution is 2.22. The van der Waals surface area contributed by atoms with E-state index >= 15 is 0 Å². The van der Waals surface area contributed by atoms with E-state index in [1.165, 1.54) is 38.1 Å². The van der Waals surface area contributed by atoms with Crippen molar-refractivity contribution in [3.8, 4) is 0 Å². The molecule has 1 heteroatoms. The lowest BCUT2D eigenvalue weighted by molar-refractivity contribution is 1.30. The van der Waals surface area contributed by atoms with Crippen LogP contribution in [0.5, 0.6) is 0 Å². The van der Waals surface area contributed by atoms with E-state index in [0.717, 1.165) is 0 Å². The van der Waals surface area contributed by atoms with Gasteiger partial charge in [-0.05, 0) is 58.1 Å². The van der Waals surface area contributed by atoms with Crippen LogP contribution in [-0.2, 0) is 0 Å². The summed E-state index contributed by atoms with van der Waals surface area (Å²) in [7, 11) is 0. The Hall–Kier alpha value is -3.06. The number of nitrogens with one attached hydrogen (secondary N) is 1. The van der Waals surface area contributed by atoms with Crippen LogP contribution in [0.1, 0.15) is 5.69 Å². The number of aromatic amines is 1. The number of fused-ring (bicyclic) bond motifs is 3. The molecule has 0 saturated carbocycles. The van der Waals surface area contributed by atoms with Crippen LogP contribution >= 0.6 is 0 Å². The molecular weight excluding hydrogens is 290 g/mol. The molecule has 1 N–H and O–H groups in total. The Kier molecular flexibility index (Phi) is 3.76. The zero-order chi connectivity index (χ0) is 16.4. The molecule has 0 bridgehead atoms. The minimum Gasteiger partial charge on any atom is -0.359 e. The van der Waals surface area contributed by atoms with Gasteiger partial charge in [-0.3, -0.25) is 0 Å². The predicted molar refractivity (Wildman–Crippen MR) is 104 cm³/mol. The second-order valence-electron chi connectivity index (χ2n) is 6.09. The maximum absolute atomic E-state index is 3.26. The number of benzene rings is 4. The Morgan fingerprint density at radius 2 is 0.917 bits per heavy atom. The molecule has 5 aromatic rings. The van der Waals surface area contributed by atoms with Gasteiger partial charge in [0.1, 0.15) is 0 Å². The number of H-pyrrole nitrogens is 1. The molecule has 116 valence electrons. The molecule has 0 atom stereocenters. The largest absolute Gasteiger partial charge is 0.359 e. The first-order valence-corrected chi connectivity index (χ1v) is 8.21. The lowest BCUT2D eigenvalue weighted by Gasteiger charge is -2.00. The standard InChI is InChI=1S/C14H10.C9H9N/c1-2-6-12-10-14-8-4-3-7-13(14)9-11(12)5-1;1-7-6-8-4-2-3-5-9(8)10-7/h1-10H;2-6,10H,1H3. The SMILES string of the molecule is Cc1cc2ccccc2[nH]1.c1ccc2cc3ccccc3cc2c1. The van der Waals surface area contributed by atoms with Crippen molar-refractivity contribution in [1.29, 1.82) is 0 Å². The monoisotopic (exact) mass is 309 g/mol. The van der Waals surface area contributed by atoms with Crippen LogP contribution in [0.25, 0.3) is 32.4 Å². The Balaban J connectivity index is 0.000000129. The first-order valence-electron chi connectivity index (χ1n) is 8.21. The highest BCUT2D eigenvalue weighted by molar-refractivity contribution is 5.98. The van der Waals surface area contributed by atoms with Crippen molar-refractivity contribution in [2.75, 3.05) is 0 Å². The third-order valence-electron chi connectivity index (χ3n) is 4.28. The van der Waals surface area contributed by atoms with Crippen LogP contribution in [0.2, 0.25) is 0 Å². The molecule has 1 nitrogen and oxygen atoms in total. The van der Waals surface area contributed by atoms with E-state index in [2.05, 4.69) is 96.8 Å². The quantitative estimate of drug-likeness (QED) is 0.315. The van der Waals surface area contributed by atoms with Crippen LogP contribution in [0.15, 0.2) is 91.0 Å². The van der Waals surface area contributed by atoms with Gasteiger partial charge in [-0.1, -0.05) is 66.7 Å². The Labute approximate surface area is 141 Å². The van der Waals surface area contributed by atoms with Crippen molar-refractivity contribution in [3.63, 3.8) is 0 Å². The number of para-hydroxylation sites is 1. The molecule has 0 unspecified atom stereocenters. The van der Waals surface area contributed by atoms with Crippen molar-refractivity contribution in [3.05, 3.63) is 96.7 Å². The molecule has 0 radical (unpaired) electrons. The summed E-state index contributed by atoms with van der Waals surface area (Å²) in [6.45, 7) is 2.07. The van der Waals surface area contributed by atoms with Crippen LogP contribution < -0.4 is 0 Å². The molecule has 0 aliphatic heterocycles. The summed E-state index contributed by atoms with van der Waals surface area (Å²) in [5, 5.41) is 6.54. The van der Waals surface area contributed by atoms with E-state index in [4.69, 9.17) is 0 Å². The van der Waals surface area contributed by atoms with E-state index < -0.39 is 0 Å².